The van der Waals surface area contributed by atoms with Crippen LogP contribution in [0.2, 0.25) is 0 Å². The zero-order valence-corrected chi connectivity index (χ0v) is 8.31. The third-order valence-corrected chi connectivity index (χ3v) is 4.79. The Hall–Kier alpha value is -0.130. The first-order valence-corrected chi connectivity index (χ1v) is 6.50. The fourth-order valence-electron chi connectivity index (χ4n) is 2.28. The second-order valence-corrected chi connectivity index (χ2v) is 6.28. The van der Waals surface area contributed by atoms with Gasteiger partial charge in [0.2, 0.25) is 0 Å². The van der Waals surface area contributed by atoms with Crippen molar-refractivity contribution in [2.75, 3.05) is 18.1 Å². The zero-order chi connectivity index (χ0) is 9.53. The van der Waals surface area contributed by atoms with E-state index >= 15 is 0 Å². The highest BCUT2D eigenvalue weighted by molar-refractivity contribution is 7.91. The average Bonchev–Trinajstić information content (AvgIpc) is 2.58. The van der Waals surface area contributed by atoms with E-state index in [1.807, 2.05) is 0 Å². The van der Waals surface area contributed by atoms with Gasteiger partial charge in [-0.1, -0.05) is 0 Å². The average molecular weight is 205 g/mol. The van der Waals surface area contributed by atoms with Crippen LogP contribution in [0.15, 0.2) is 0 Å². The van der Waals surface area contributed by atoms with Gasteiger partial charge in [0.25, 0.3) is 0 Å². The molecule has 2 saturated heterocycles. The topological polar surface area (TPSA) is 66.4 Å². The van der Waals surface area contributed by atoms with Gasteiger partial charge in [0.05, 0.1) is 17.1 Å². The highest BCUT2D eigenvalue weighted by Crippen LogP contribution is 2.30. The van der Waals surface area contributed by atoms with E-state index in [4.69, 9.17) is 0 Å². The van der Waals surface area contributed by atoms with Crippen molar-refractivity contribution in [3.05, 3.63) is 0 Å². The summed E-state index contributed by atoms with van der Waals surface area (Å²) in [6.07, 6.45) is 2.33. The van der Waals surface area contributed by atoms with E-state index in [1.54, 1.807) is 0 Å². The van der Waals surface area contributed by atoms with E-state index in [0.29, 0.717) is 6.42 Å². The van der Waals surface area contributed by atoms with E-state index in [2.05, 4.69) is 5.32 Å². The summed E-state index contributed by atoms with van der Waals surface area (Å²) >= 11 is 0. The first-order chi connectivity index (χ1) is 6.02. The van der Waals surface area contributed by atoms with Crippen LogP contribution in [0.5, 0.6) is 0 Å². The Morgan fingerprint density at radius 2 is 2.23 bits per heavy atom. The second-order valence-electron chi connectivity index (χ2n) is 4.09. The summed E-state index contributed by atoms with van der Waals surface area (Å²) in [5.41, 5.74) is -0.991. The molecule has 0 aliphatic carbocycles. The van der Waals surface area contributed by atoms with Crippen LogP contribution in [0.4, 0.5) is 0 Å². The van der Waals surface area contributed by atoms with Gasteiger partial charge in [-0.2, -0.15) is 0 Å². The molecule has 0 aromatic rings. The quantitative estimate of drug-likeness (QED) is 0.593. The number of hydrogen-bond acceptors (Lipinski definition) is 4. The molecule has 2 N–H and O–H groups in total. The highest BCUT2D eigenvalue weighted by atomic mass is 32.2. The molecule has 76 valence electrons. The van der Waals surface area contributed by atoms with E-state index in [0.717, 1.165) is 19.4 Å². The largest absolute Gasteiger partial charge is 0.387 e. The van der Waals surface area contributed by atoms with Crippen molar-refractivity contribution in [1.82, 2.24) is 5.32 Å². The summed E-state index contributed by atoms with van der Waals surface area (Å²) in [4.78, 5) is 0. The Kier molecular flexibility index (Phi) is 2.13. The number of hydrogen-bond donors (Lipinski definition) is 2. The minimum atomic E-state index is -2.98. The van der Waals surface area contributed by atoms with Crippen molar-refractivity contribution < 1.29 is 13.5 Å². The van der Waals surface area contributed by atoms with Gasteiger partial charge in [-0.3, -0.25) is 0 Å². The van der Waals surface area contributed by atoms with Crippen molar-refractivity contribution in [1.29, 1.82) is 0 Å². The molecule has 0 spiro atoms. The molecule has 5 heteroatoms. The van der Waals surface area contributed by atoms with Gasteiger partial charge in [0.1, 0.15) is 0 Å². The van der Waals surface area contributed by atoms with Gasteiger partial charge in [0, 0.05) is 6.04 Å². The molecule has 2 unspecified atom stereocenters. The minimum absolute atomic E-state index is 0.00947. The summed E-state index contributed by atoms with van der Waals surface area (Å²) < 4.78 is 22.4. The van der Waals surface area contributed by atoms with Crippen molar-refractivity contribution in [3.8, 4) is 0 Å². The van der Waals surface area contributed by atoms with Crippen LogP contribution in [0, 0.1) is 0 Å². The molecule has 13 heavy (non-hydrogen) atoms. The van der Waals surface area contributed by atoms with Gasteiger partial charge in [-0.05, 0) is 25.8 Å². The molecule has 2 rings (SSSR count). The fraction of sp³-hybridized carbons (Fsp3) is 1.00. The maximum absolute atomic E-state index is 11.2. The van der Waals surface area contributed by atoms with Crippen LogP contribution in [-0.2, 0) is 9.84 Å². The van der Waals surface area contributed by atoms with Crippen LogP contribution in [-0.4, -0.2) is 43.2 Å². The number of aliphatic hydroxyl groups is 1. The van der Waals surface area contributed by atoms with Crippen molar-refractivity contribution >= 4 is 9.84 Å². The Morgan fingerprint density at radius 3 is 2.69 bits per heavy atom. The maximum atomic E-state index is 11.2. The predicted molar refractivity (Wildman–Crippen MR) is 49.2 cm³/mol. The van der Waals surface area contributed by atoms with Crippen molar-refractivity contribution in [2.24, 2.45) is 0 Å². The summed E-state index contributed by atoms with van der Waals surface area (Å²) in [7, 11) is -2.98. The first-order valence-electron chi connectivity index (χ1n) is 4.68. The molecule has 4 nitrogen and oxygen atoms in total. The normalized spacial score (nSPS) is 43.9. The summed E-state index contributed by atoms with van der Waals surface area (Å²) in [6.45, 7) is 0.896. The van der Waals surface area contributed by atoms with Crippen LogP contribution >= 0.6 is 0 Å². The van der Waals surface area contributed by atoms with Gasteiger partial charge in [0.15, 0.2) is 9.84 Å². The molecule has 0 aromatic heterocycles. The maximum Gasteiger partial charge on any atom is 0.153 e. The van der Waals surface area contributed by atoms with Crippen LogP contribution in [0.3, 0.4) is 0 Å². The molecule has 0 radical (unpaired) electrons. The molecular formula is C8H15NO3S. The summed E-state index contributed by atoms with van der Waals surface area (Å²) in [5, 5.41) is 13.2. The first kappa shape index (κ1) is 9.43. The van der Waals surface area contributed by atoms with E-state index in [1.165, 1.54) is 0 Å². The number of nitrogens with one attached hydrogen (secondary N) is 1. The SMILES string of the molecule is O=S1(=O)CCC(O)(C2CCCN2)C1. The molecule has 2 fully saturated rings. The molecule has 0 aromatic carbocycles. The molecule has 2 aliphatic heterocycles. The van der Waals surface area contributed by atoms with Gasteiger partial charge >= 0.3 is 0 Å². The lowest BCUT2D eigenvalue weighted by molar-refractivity contribution is 0.0332. The lowest BCUT2D eigenvalue weighted by Crippen LogP contribution is -2.48. The third kappa shape index (κ3) is 1.73. The van der Waals surface area contributed by atoms with E-state index in [9.17, 15) is 13.5 Å². The molecule has 0 amide bonds. The molecule has 2 atom stereocenters. The minimum Gasteiger partial charge on any atom is -0.387 e. The second kappa shape index (κ2) is 2.93. The van der Waals surface area contributed by atoms with Crippen LogP contribution < -0.4 is 5.32 Å². The van der Waals surface area contributed by atoms with E-state index in [-0.39, 0.29) is 17.5 Å². The highest BCUT2D eigenvalue weighted by Gasteiger charge is 2.46. The smallest absolute Gasteiger partial charge is 0.153 e. The van der Waals surface area contributed by atoms with Gasteiger partial charge in [-0.25, -0.2) is 8.42 Å². The Balaban J connectivity index is 2.13. The third-order valence-electron chi connectivity index (χ3n) is 3.02. The standard InChI is InChI=1S/C8H15NO3S/c10-8(7-2-1-4-9-7)3-5-13(11,12)6-8/h7,9-10H,1-6H2. The lowest BCUT2D eigenvalue weighted by Gasteiger charge is -2.28. The van der Waals surface area contributed by atoms with Crippen LogP contribution in [0.25, 0.3) is 0 Å². The lowest BCUT2D eigenvalue weighted by atomic mass is 9.92. The van der Waals surface area contributed by atoms with Gasteiger partial charge in [-0.15, -0.1) is 0 Å². The molecular weight excluding hydrogens is 190 g/mol. The zero-order valence-electron chi connectivity index (χ0n) is 7.49. The molecule has 2 aliphatic rings. The monoisotopic (exact) mass is 205 g/mol. The predicted octanol–water partition coefficient (Wildman–Crippen LogP) is -0.712. The van der Waals surface area contributed by atoms with Gasteiger partial charge < -0.3 is 10.4 Å². The molecule has 0 saturated carbocycles. The summed E-state index contributed by atoms with van der Waals surface area (Å²) in [5.74, 6) is 0.0827. The number of rotatable bonds is 1. The Morgan fingerprint density at radius 1 is 1.46 bits per heavy atom. The molecule has 2 heterocycles. The summed E-state index contributed by atoms with van der Waals surface area (Å²) in [6, 6.07) is -0.00947. The molecule has 0 bridgehead atoms. The Bertz CT molecular complexity index is 295. The Labute approximate surface area is 78.3 Å². The van der Waals surface area contributed by atoms with E-state index < -0.39 is 15.4 Å². The van der Waals surface area contributed by atoms with Crippen molar-refractivity contribution in [3.63, 3.8) is 0 Å². The fourth-order valence-corrected chi connectivity index (χ4v) is 4.19. The number of sulfone groups is 1. The van der Waals surface area contributed by atoms with Crippen molar-refractivity contribution in [2.45, 2.75) is 30.9 Å². The van der Waals surface area contributed by atoms with Crippen LogP contribution in [0.1, 0.15) is 19.3 Å².